The molecule has 0 spiro atoms. The minimum atomic E-state index is -0.674. The first-order valence-electron chi connectivity index (χ1n) is 6.73. The largest absolute Gasteiger partial charge is 0.484 e. The van der Waals surface area contributed by atoms with E-state index in [9.17, 15) is 9.90 Å². The summed E-state index contributed by atoms with van der Waals surface area (Å²) in [5.41, 5.74) is 0.342. The number of hydrogen-bond donors (Lipinski definition) is 1. The van der Waals surface area contributed by atoms with Gasteiger partial charge in [-0.3, -0.25) is 4.79 Å². The number of hydrogen-bond acceptors (Lipinski definition) is 3. The number of ether oxygens (including phenoxy) is 1. The molecule has 1 aromatic rings. The van der Waals surface area contributed by atoms with E-state index in [-0.39, 0.29) is 12.5 Å². The summed E-state index contributed by atoms with van der Waals surface area (Å²) in [5, 5.41) is 10.0. The van der Waals surface area contributed by atoms with Crippen molar-refractivity contribution in [3.8, 4) is 5.75 Å². The molecule has 0 unspecified atom stereocenters. The monoisotopic (exact) mass is 263 g/mol. The predicted molar refractivity (Wildman–Crippen MR) is 73.1 cm³/mol. The van der Waals surface area contributed by atoms with Crippen molar-refractivity contribution in [2.75, 3.05) is 19.7 Å². The first-order chi connectivity index (χ1) is 9.04. The normalized spacial score (nSPS) is 16.9. The third-order valence-corrected chi connectivity index (χ3v) is 3.48. The van der Waals surface area contributed by atoms with Crippen molar-refractivity contribution < 1.29 is 14.6 Å². The minimum Gasteiger partial charge on any atom is -0.484 e. The molecule has 0 radical (unpaired) electrons. The summed E-state index contributed by atoms with van der Waals surface area (Å²) in [6, 6.07) is 7.62. The van der Waals surface area contributed by atoms with E-state index in [0.717, 1.165) is 24.2 Å². The zero-order chi connectivity index (χ0) is 13.9. The number of carbonyl (C=O) groups excluding carboxylic acids is 1. The molecule has 2 rings (SSSR count). The van der Waals surface area contributed by atoms with E-state index in [0.29, 0.717) is 13.1 Å². The summed E-state index contributed by atoms with van der Waals surface area (Å²) >= 11 is 0. The molecule has 1 N–H and O–H groups in total. The molecule has 1 saturated heterocycles. The van der Waals surface area contributed by atoms with Crippen molar-refractivity contribution in [3.05, 3.63) is 29.8 Å². The third kappa shape index (κ3) is 3.26. The van der Waals surface area contributed by atoms with Crippen molar-refractivity contribution in [3.63, 3.8) is 0 Å². The van der Waals surface area contributed by atoms with Gasteiger partial charge < -0.3 is 14.7 Å². The maximum Gasteiger partial charge on any atom is 0.260 e. The summed E-state index contributed by atoms with van der Waals surface area (Å²) in [5.74, 6) is 0.671. The predicted octanol–water partition coefficient (Wildman–Crippen LogP) is 1.75. The highest BCUT2D eigenvalue weighted by atomic mass is 16.5. The van der Waals surface area contributed by atoms with Crippen LogP contribution in [0.3, 0.4) is 0 Å². The van der Waals surface area contributed by atoms with E-state index in [1.165, 1.54) is 0 Å². The highest BCUT2D eigenvalue weighted by molar-refractivity contribution is 5.79. The Morgan fingerprint density at radius 3 is 2.74 bits per heavy atom. The van der Waals surface area contributed by atoms with Gasteiger partial charge in [-0.15, -0.1) is 0 Å². The second-order valence-corrected chi connectivity index (χ2v) is 5.28. The van der Waals surface area contributed by atoms with Crippen LogP contribution in [0.25, 0.3) is 0 Å². The van der Waals surface area contributed by atoms with E-state index >= 15 is 0 Å². The van der Waals surface area contributed by atoms with Gasteiger partial charge in [-0.05, 0) is 25.0 Å². The fourth-order valence-corrected chi connectivity index (χ4v) is 2.41. The number of aryl methyl sites for hydroxylation is 1. The van der Waals surface area contributed by atoms with Crippen LogP contribution in [-0.2, 0) is 4.79 Å². The van der Waals surface area contributed by atoms with Crippen molar-refractivity contribution in [2.24, 2.45) is 0 Å². The molecule has 19 heavy (non-hydrogen) atoms. The molecule has 1 amide bonds. The van der Waals surface area contributed by atoms with Crippen molar-refractivity contribution in [1.29, 1.82) is 0 Å². The van der Waals surface area contributed by atoms with Crippen LogP contribution in [-0.4, -0.2) is 41.2 Å². The van der Waals surface area contributed by atoms with Crippen LogP contribution in [0.5, 0.6) is 5.75 Å². The van der Waals surface area contributed by atoms with Gasteiger partial charge in [0.1, 0.15) is 5.75 Å². The number of amides is 1. The number of rotatable bonds is 5. The first-order valence-corrected chi connectivity index (χ1v) is 6.73. The molecule has 0 atom stereocenters. The Bertz CT molecular complexity index is 452. The molecule has 1 heterocycles. The smallest absolute Gasteiger partial charge is 0.260 e. The number of likely N-dealkylation sites (tertiary alicyclic amines) is 1. The zero-order valence-electron chi connectivity index (χ0n) is 11.6. The van der Waals surface area contributed by atoms with E-state index in [2.05, 4.69) is 0 Å². The third-order valence-electron chi connectivity index (χ3n) is 3.48. The lowest BCUT2D eigenvalue weighted by molar-refractivity contribution is -0.158. The fraction of sp³-hybridized carbons (Fsp3) is 0.533. The molecule has 1 aromatic carbocycles. The molecule has 0 aromatic heterocycles. The van der Waals surface area contributed by atoms with Gasteiger partial charge in [-0.1, -0.05) is 31.5 Å². The number of β-amino-alcohol motifs (C(OH)–C–C–N with tert-alkyl or cyclic N) is 1. The van der Waals surface area contributed by atoms with Gasteiger partial charge in [0.25, 0.3) is 5.91 Å². The van der Waals surface area contributed by atoms with Gasteiger partial charge in [0.15, 0.2) is 6.61 Å². The Morgan fingerprint density at radius 2 is 2.11 bits per heavy atom. The topological polar surface area (TPSA) is 49.8 Å². The average molecular weight is 263 g/mol. The fourth-order valence-electron chi connectivity index (χ4n) is 2.41. The number of para-hydroxylation sites is 1. The lowest BCUT2D eigenvalue weighted by Crippen LogP contribution is -2.64. The summed E-state index contributed by atoms with van der Waals surface area (Å²) in [4.78, 5) is 13.5. The van der Waals surface area contributed by atoms with Crippen LogP contribution >= 0.6 is 0 Å². The Balaban J connectivity index is 1.79. The molecule has 1 aliphatic rings. The Labute approximate surface area is 114 Å². The van der Waals surface area contributed by atoms with E-state index < -0.39 is 5.60 Å². The zero-order valence-corrected chi connectivity index (χ0v) is 11.6. The quantitative estimate of drug-likeness (QED) is 0.880. The van der Waals surface area contributed by atoms with Crippen molar-refractivity contribution >= 4 is 5.91 Å². The number of carbonyl (C=O) groups is 1. The van der Waals surface area contributed by atoms with Crippen LogP contribution < -0.4 is 4.74 Å². The molecule has 1 aliphatic heterocycles. The van der Waals surface area contributed by atoms with Gasteiger partial charge in [-0.25, -0.2) is 0 Å². The molecule has 4 nitrogen and oxygen atoms in total. The van der Waals surface area contributed by atoms with Crippen molar-refractivity contribution in [1.82, 2.24) is 4.90 Å². The Hall–Kier alpha value is -1.55. The standard InChI is InChI=1S/C15H21NO3/c1-3-8-15(18)10-16(11-15)14(17)9-19-13-7-5-4-6-12(13)2/h4-7,18H,3,8-11H2,1-2H3. The average Bonchev–Trinajstić information content (AvgIpc) is 2.35. The lowest BCUT2D eigenvalue weighted by atomic mass is 9.89. The van der Waals surface area contributed by atoms with Crippen molar-refractivity contribution in [2.45, 2.75) is 32.3 Å². The molecule has 0 aliphatic carbocycles. The summed E-state index contributed by atoms with van der Waals surface area (Å²) < 4.78 is 5.51. The highest BCUT2D eigenvalue weighted by Crippen LogP contribution is 2.26. The molecular weight excluding hydrogens is 242 g/mol. The maximum absolute atomic E-state index is 11.9. The van der Waals surface area contributed by atoms with Crippen LogP contribution in [0.2, 0.25) is 0 Å². The van der Waals surface area contributed by atoms with Gasteiger partial charge in [0.2, 0.25) is 0 Å². The van der Waals surface area contributed by atoms with Gasteiger partial charge in [0, 0.05) is 0 Å². The van der Waals surface area contributed by atoms with Crippen LogP contribution in [0, 0.1) is 6.92 Å². The molecule has 0 bridgehead atoms. The molecule has 104 valence electrons. The Kier molecular flexibility index (Phi) is 4.10. The number of benzene rings is 1. The van der Waals surface area contributed by atoms with E-state index in [1.54, 1.807) is 4.90 Å². The number of nitrogens with zero attached hydrogens (tertiary/aromatic N) is 1. The second-order valence-electron chi connectivity index (χ2n) is 5.28. The van der Waals surface area contributed by atoms with Crippen LogP contribution in [0.4, 0.5) is 0 Å². The maximum atomic E-state index is 11.9. The number of aliphatic hydroxyl groups is 1. The summed E-state index contributed by atoms with van der Waals surface area (Å²) in [7, 11) is 0. The lowest BCUT2D eigenvalue weighted by Gasteiger charge is -2.46. The summed E-state index contributed by atoms with van der Waals surface area (Å²) in [6.45, 7) is 4.87. The second kappa shape index (κ2) is 5.61. The van der Waals surface area contributed by atoms with Crippen LogP contribution in [0.15, 0.2) is 24.3 Å². The van der Waals surface area contributed by atoms with Gasteiger partial charge in [0.05, 0.1) is 18.7 Å². The molecule has 1 fully saturated rings. The molecule has 0 saturated carbocycles. The summed E-state index contributed by atoms with van der Waals surface area (Å²) in [6.07, 6.45) is 1.67. The van der Waals surface area contributed by atoms with E-state index in [4.69, 9.17) is 4.74 Å². The van der Waals surface area contributed by atoms with Crippen LogP contribution in [0.1, 0.15) is 25.3 Å². The SMILES string of the molecule is CCCC1(O)CN(C(=O)COc2ccccc2C)C1. The highest BCUT2D eigenvalue weighted by Gasteiger charge is 2.42. The first kappa shape index (κ1) is 13.9. The molecule has 4 heteroatoms. The minimum absolute atomic E-state index is 0.0348. The molecular formula is C15H21NO3. The van der Waals surface area contributed by atoms with Gasteiger partial charge in [-0.2, -0.15) is 0 Å². The van der Waals surface area contributed by atoms with E-state index in [1.807, 2.05) is 38.1 Å². The van der Waals surface area contributed by atoms with Gasteiger partial charge >= 0.3 is 0 Å². The Morgan fingerprint density at radius 1 is 1.42 bits per heavy atom.